The van der Waals surface area contributed by atoms with Crippen molar-refractivity contribution in [3.8, 4) is 0 Å². The quantitative estimate of drug-likeness (QED) is 0.814. The van der Waals surface area contributed by atoms with Crippen molar-refractivity contribution in [1.82, 2.24) is 10.6 Å². The number of hydrogen-bond acceptors (Lipinski definition) is 2. The molecule has 0 aromatic heterocycles. The third-order valence-electron chi connectivity index (χ3n) is 4.13. The molecule has 0 bridgehead atoms. The number of rotatable bonds is 2. The van der Waals surface area contributed by atoms with E-state index in [0.717, 1.165) is 25.7 Å². The second kappa shape index (κ2) is 6.11. The van der Waals surface area contributed by atoms with Crippen LogP contribution >= 0.6 is 0 Å². The number of carbonyl (C=O) groups is 1. The smallest absolute Gasteiger partial charge is 0.352 e. The maximum absolute atomic E-state index is 12.5. The van der Waals surface area contributed by atoms with E-state index in [2.05, 4.69) is 10.6 Å². The summed E-state index contributed by atoms with van der Waals surface area (Å²) < 4.78 is 37.4. The van der Waals surface area contributed by atoms with Crippen LogP contribution in [0, 0.1) is 5.92 Å². The number of piperidine rings is 1. The summed E-state index contributed by atoms with van der Waals surface area (Å²) in [7, 11) is 0. The Morgan fingerprint density at radius 3 is 2.26 bits per heavy atom. The lowest BCUT2D eigenvalue weighted by Gasteiger charge is -2.32. The molecular weight excluding hydrogens is 257 g/mol. The molecule has 1 aliphatic carbocycles. The molecule has 3 nitrogen and oxygen atoms in total. The molecule has 2 rings (SSSR count). The average molecular weight is 278 g/mol. The van der Waals surface area contributed by atoms with Crippen LogP contribution in [0.1, 0.15) is 44.9 Å². The Labute approximate surface area is 111 Å². The minimum atomic E-state index is -4.18. The fraction of sp³-hybridized carbons (Fsp3) is 0.923. The van der Waals surface area contributed by atoms with Gasteiger partial charge in [-0.2, -0.15) is 13.2 Å². The summed E-state index contributed by atoms with van der Waals surface area (Å²) in [5, 5.41) is 5.37. The molecule has 2 unspecified atom stereocenters. The molecule has 0 radical (unpaired) electrons. The molecule has 1 heterocycles. The van der Waals surface area contributed by atoms with Crippen molar-refractivity contribution in [1.29, 1.82) is 0 Å². The van der Waals surface area contributed by atoms with Gasteiger partial charge in [-0.15, -0.1) is 0 Å². The van der Waals surface area contributed by atoms with Crippen LogP contribution in [0.5, 0.6) is 0 Å². The van der Waals surface area contributed by atoms with Gasteiger partial charge in [-0.05, 0) is 25.7 Å². The maximum Gasteiger partial charge on any atom is 0.403 e. The molecule has 2 aliphatic rings. The average Bonchev–Trinajstić information content (AvgIpc) is 2.39. The van der Waals surface area contributed by atoms with Gasteiger partial charge in [-0.3, -0.25) is 4.79 Å². The Morgan fingerprint density at radius 1 is 1.05 bits per heavy atom. The van der Waals surface area contributed by atoms with Crippen molar-refractivity contribution < 1.29 is 18.0 Å². The zero-order valence-electron chi connectivity index (χ0n) is 10.9. The van der Waals surface area contributed by atoms with E-state index in [9.17, 15) is 18.0 Å². The number of nitrogens with one attached hydrogen (secondary N) is 2. The van der Waals surface area contributed by atoms with Crippen molar-refractivity contribution in [2.45, 2.75) is 63.2 Å². The summed E-state index contributed by atoms with van der Waals surface area (Å²) >= 11 is 0. The Morgan fingerprint density at radius 2 is 1.74 bits per heavy atom. The Hall–Kier alpha value is -0.780. The number of hydrogen-bond donors (Lipinski definition) is 2. The third-order valence-corrected chi connectivity index (χ3v) is 4.13. The van der Waals surface area contributed by atoms with E-state index in [1.807, 2.05) is 0 Å². The summed E-state index contributed by atoms with van der Waals surface area (Å²) in [4.78, 5) is 12.0. The Balaban J connectivity index is 1.74. The summed E-state index contributed by atoms with van der Waals surface area (Å²) in [5.41, 5.74) is 0. The fourth-order valence-electron chi connectivity index (χ4n) is 2.94. The van der Waals surface area contributed by atoms with E-state index in [4.69, 9.17) is 0 Å². The van der Waals surface area contributed by atoms with Crippen molar-refractivity contribution in [3.05, 3.63) is 0 Å². The topological polar surface area (TPSA) is 41.1 Å². The van der Waals surface area contributed by atoms with Gasteiger partial charge in [0.05, 0.1) is 0 Å². The van der Waals surface area contributed by atoms with Crippen molar-refractivity contribution in [2.75, 3.05) is 6.54 Å². The van der Waals surface area contributed by atoms with Gasteiger partial charge in [-0.25, -0.2) is 0 Å². The summed E-state index contributed by atoms with van der Waals surface area (Å²) in [6.45, 7) is 0.211. The molecule has 19 heavy (non-hydrogen) atoms. The normalized spacial score (nSPS) is 30.1. The molecule has 0 spiro atoms. The van der Waals surface area contributed by atoms with E-state index in [0.29, 0.717) is 6.42 Å². The van der Waals surface area contributed by atoms with Crippen LogP contribution in [0.25, 0.3) is 0 Å². The second-order valence-electron chi connectivity index (χ2n) is 5.62. The van der Waals surface area contributed by atoms with Crippen LogP contribution in [0.3, 0.4) is 0 Å². The minimum absolute atomic E-state index is 0.0250. The van der Waals surface area contributed by atoms with Gasteiger partial charge in [0.25, 0.3) is 0 Å². The first-order valence-electron chi connectivity index (χ1n) is 7.07. The standard InChI is InChI=1S/C13H21F3N2O/c14-13(15,16)11-7-6-10(8-17-11)18-12(19)9-4-2-1-3-5-9/h9-11,17H,1-8H2,(H,18,19). The molecular formula is C13H21F3N2O. The lowest BCUT2D eigenvalue weighted by Crippen LogP contribution is -2.54. The van der Waals surface area contributed by atoms with Crippen LogP contribution in [-0.2, 0) is 4.79 Å². The van der Waals surface area contributed by atoms with E-state index in [1.165, 1.54) is 6.42 Å². The van der Waals surface area contributed by atoms with Crippen molar-refractivity contribution in [2.24, 2.45) is 5.92 Å². The molecule has 6 heteroatoms. The van der Waals surface area contributed by atoms with E-state index in [-0.39, 0.29) is 30.8 Å². The van der Waals surface area contributed by atoms with Gasteiger partial charge in [0.15, 0.2) is 0 Å². The first-order valence-corrected chi connectivity index (χ1v) is 7.07. The summed E-state index contributed by atoms with van der Waals surface area (Å²) in [5.74, 6) is 0.0889. The van der Waals surface area contributed by atoms with Crippen molar-refractivity contribution in [3.63, 3.8) is 0 Å². The molecule has 1 amide bonds. The summed E-state index contributed by atoms with van der Waals surface area (Å²) in [6.07, 6.45) is 1.43. The van der Waals surface area contributed by atoms with Crippen LogP contribution in [0.15, 0.2) is 0 Å². The number of halogens is 3. The highest BCUT2D eigenvalue weighted by atomic mass is 19.4. The predicted molar refractivity (Wildman–Crippen MR) is 65.6 cm³/mol. The molecule has 0 aromatic carbocycles. The number of amides is 1. The van der Waals surface area contributed by atoms with Crippen LogP contribution in [0.2, 0.25) is 0 Å². The Kier molecular flexibility index (Phi) is 4.71. The summed E-state index contributed by atoms with van der Waals surface area (Å²) in [6, 6.07) is -1.58. The highest BCUT2D eigenvalue weighted by Crippen LogP contribution is 2.27. The molecule has 1 saturated carbocycles. The molecule has 0 aromatic rings. The van der Waals surface area contributed by atoms with Crippen LogP contribution < -0.4 is 10.6 Å². The lowest BCUT2D eigenvalue weighted by molar-refractivity contribution is -0.161. The van der Waals surface area contributed by atoms with Gasteiger partial charge >= 0.3 is 6.18 Å². The minimum Gasteiger partial charge on any atom is -0.352 e. The molecule has 110 valence electrons. The first kappa shape index (κ1) is 14.6. The molecule has 1 aliphatic heterocycles. The molecule has 1 saturated heterocycles. The third kappa shape index (κ3) is 4.09. The number of alkyl halides is 3. The van der Waals surface area contributed by atoms with Gasteiger partial charge in [0, 0.05) is 18.5 Å². The maximum atomic E-state index is 12.5. The lowest BCUT2D eigenvalue weighted by atomic mass is 9.88. The highest BCUT2D eigenvalue weighted by molar-refractivity contribution is 5.79. The molecule has 2 fully saturated rings. The highest BCUT2D eigenvalue weighted by Gasteiger charge is 2.41. The predicted octanol–water partition coefficient (Wildman–Crippen LogP) is 2.37. The fourth-order valence-corrected chi connectivity index (χ4v) is 2.94. The van der Waals surface area contributed by atoms with Gasteiger partial charge in [0.2, 0.25) is 5.91 Å². The van der Waals surface area contributed by atoms with E-state index < -0.39 is 12.2 Å². The zero-order valence-corrected chi connectivity index (χ0v) is 10.9. The first-order chi connectivity index (χ1) is 8.97. The van der Waals surface area contributed by atoms with Gasteiger partial charge in [0.1, 0.15) is 6.04 Å². The Bertz CT molecular complexity index is 306. The SMILES string of the molecule is O=C(NC1CCC(C(F)(F)F)NC1)C1CCCCC1. The second-order valence-corrected chi connectivity index (χ2v) is 5.62. The zero-order chi connectivity index (χ0) is 13.9. The van der Waals surface area contributed by atoms with Gasteiger partial charge in [-0.1, -0.05) is 19.3 Å². The van der Waals surface area contributed by atoms with Crippen LogP contribution in [-0.4, -0.2) is 30.7 Å². The van der Waals surface area contributed by atoms with E-state index in [1.54, 1.807) is 0 Å². The van der Waals surface area contributed by atoms with Crippen LogP contribution in [0.4, 0.5) is 13.2 Å². The largest absolute Gasteiger partial charge is 0.403 e. The van der Waals surface area contributed by atoms with Crippen molar-refractivity contribution >= 4 is 5.91 Å². The van der Waals surface area contributed by atoms with E-state index >= 15 is 0 Å². The monoisotopic (exact) mass is 278 g/mol. The number of carbonyl (C=O) groups excluding carboxylic acids is 1. The molecule has 2 atom stereocenters. The van der Waals surface area contributed by atoms with Gasteiger partial charge < -0.3 is 10.6 Å². The molecule has 2 N–H and O–H groups in total.